The van der Waals surface area contributed by atoms with Gasteiger partial charge in [-0.25, -0.2) is 14.5 Å². The van der Waals surface area contributed by atoms with Crippen LogP contribution in [0.25, 0.3) is 5.65 Å². The molecule has 7 nitrogen and oxygen atoms in total. The number of ether oxygens (including phenoxy) is 2. The van der Waals surface area contributed by atoms with Crippen LogP contribution in [0.15, 0.2) is 29.0 Å². The van der Waals surface area contributed by atoms with Gasteiger partial charge in [0.15, 0.2) is 11.5 Å². The summed E-state index contributed by atoms with van der Waals surface area (Å²) in [6.45, 7) is 2.38. The molecule has 0 bridgehead atoms. The molecule has 0 aliphatic heterocycles. The molecule has 120 valence electrons. The van der Waals surface area contributed by atoms with E-state index in [2.05, 4.69) is 36.3 Å². The molecule has 0 aliphatic rings. The molecule has 3 aromatic rings. The normalized spacial score (nSPS) is 10.8. The summed E-state index contributed by atoms with van der Waals surface area (Å²) in [4.78, 5) is 8.83. The van der Waals surface area contributed by atoms with Crippen molar-refractivity contribution < 1.29 is 9.47 Å². The standard InChI is InChI=1S/C15H16BrN5O2/c1-9-18-15-14(19-13(16)8-21(15)20-9)17-7-10-4-5-11(22-2)6-12(10)23-3/h4-6,8H,7H2,1-3H3,(H,17,19). The van der Waals surface area contributed by atoms with Gasteiger partial charge in [0.25, 0.3) is 0 Å². The number of hydrogen-bond donors (Lipinski definition) is 1. The van der Waals surface area contributed by atoms with Crippen LogP contribution in [-0.4, -0.2) is 33.8 Å². The maximum atomic E-state index is 5.41. The van der Waals surface area contributed by atoms with Crippen LogP contribution in [0, 0.1) is 6.92 Å². The lowest BCUT2D eigenvalue weighted by Crippen LogP contribution is -2.06. The van der Waals surface area contributed by atoms with Crippen molar-refractivity contribution in [2.45, 2.75) is 13.5 Å². The van der Waals surface area contributed by atoms with E-state index >= 15 is 0 Å². The lowest BCUT2D eigenvalue weighted by molar-refractivity contribution is 0.391. The number of aromatic nitrogens is 4. The first-order valence-electron chi connectivity index (χ1n) is 6.95. The number of nitrogens with one attached hydrogen (secondary N) is 1. The van der Waals surface area contributed by atoms with E-state index in [1.165, 1.54) is 0 Å². The minimum atomic E-state index is 0.540. The molecule has 1 N–H and O–H groups in total. The predicted molar refractivity (Wildman–Crippen MR) is 90.1 cm³/mol. The predicted octanol–water partition coefficient (Wildman–Crippen LogP) is 2.82. The summed E-state index contributed by atoms with van der Waals surface area (Å²) < 4.78 is 13.0. The molecule has 0 fully saturated rings. The third kappa shape index (κ3) is 3.21. The van der Waals surface area contributed by atoms with Gasteiger partial charge in [0.2, 0.25) is 0 Å². The molecule has 3 rings (SSSR count). The van der Waals surface area contributed by atoms with E-state index in [0.29, 0.717) is 28.4 Å². The zero-order valence-electron chi connectivity index (χ0n) is 13.0. The van der Waals surface area contributed by atoms with Crippen LogP contribution in [0.5, 0.6) is 11.5 Å². The number of rotatable bonds is 5. The van der Waals surface area contributed by atoms with Gasteiger partial charge in [-0.15, -0.1) is 0 Å². The van der Waals surface area contributed by atoms with Crippen LogP contribution in [0.4, 0.5) is 5.82 Å². The van der Waals surface area contributed by atoms with Crippen molar-refractivity contribution in [3.05, 3.63) is 40.4 Å². The molecule has 0 aliphatic carbocycles. The van der Waals surface area contributed by atoms with Gasteiger partial charge in [-0.3, -0.25) is 0 Å². The molecule has 2 heterocycles. The monoisotopic (exact) mass is 377 g/mol. The van der Waals surface area contributed by atoms with E-state index in [1.807, 2.05) is 25.1 Å². The van der Waals surface area contributed by atoms with Crippen LogP contribution in [-0.2, 0) is 6.54 Å². The molecule has 0 unspecified atom stereocenters. The molecule has 0 radical (unpaired) electrons. The Balaban J connectivity index is 1.89. The first-order valence-corrected chi connectivity index (χ1v) is 7.74. The van der Waals surface area contributed by atoms with Gasteiger partial charge in [0.05, 0.1) is 20.4 Å². The highest BCUT2D eigenvalue weighted by Gasteiger charge is 2.11. The molecule has 1 aromatic carbocycles. The Morgan fingerprint density at radius 1 is 1.22 bits per heavy atom. The summed E-state index contributed by atoms with van der Waals surface area (Å²) in [6.07, 6.45) is 1.77. The van der Waals surface area contributed by atoms with Crippen molar-refractivity contribution in [3.8, 4) is 11.5 Å². The van der Waals surface area contributed by atoms with Crippen molar-refractivity contribution in [2.75, 3.05) is 19.5 Å². The largest absolute Gasteiger partial charge is 0.497 e. The summed E-state index contributed by atoms with van der Waals surface area (Å²) in [7, 11) is 3.26. The van der Waals surface area contributed by atoms with Crippen molar-refractivity contribution in [1.82, 2.24) is 19.6 Å². The van der Waals surface area contributed by atoms with Gasteiger partial charge < -0.3 is 14.8 Å². The lowest BCUT2D eigenvalue weighted by atomic mass is 10.2. The quantitative estimate of drug-likeness (QED) is 0.736. The average Bonchev–Trinajstić information content (AvgIpc) is 2.92. The average molecular weight is 378 g/mol. The second-order valence-electron chi connectivity index (χ2n) is 4.87. The van der Waals surface area contributed by atoms with E-state index in [1.54, 1.807) is 24.9 Å². The summed E-state index contributed by atoms with van der Waals surface area (Å²) >= 11 is 3.38. The summed E-state index contributed by atoms with van der Waals surface area (Å²) in [6, 6.07) is 5.70. The molecule has 0 amide bonds. The van der Waals surface area contributed by atoms with E-state index in [4.69, 9.17) is 9.47 Å². The number of hydrogen-bond acceptors (Lipinski definition) is 6. The first kappa shape index (κ1) is 15.5. The number of aryl methyl sites for hydroxylation is 1. The van der Waals surface area contributed by atoms with Gasteiger partial charge in [-0.05, 0) is 35.0 Å². The van der Waals surface area contributed by atoms with Gasteiger partial charge in [0, 0.05) is 18.2 Å². The Hall–Kier alpha value is -2.35. The van der Waals surface area contributed by atoms with E-state index in [9.17, 15) is 0 Å². The second kappa shape index (κ2) is 6.41. The molecule has 0 saturated heterocycles. The van der Waals surface area contributed by atoms with Gasteiger partial charge >= 0.3 is 0 Å². The number of benzene rings is 1. The fourth-order valence-corrected chi connectivity index (χ4v) is 2.63. The summed E-state index contributed by atoms with van der Waals surface area (Å²) in [5.41, 5.74) is 1.67. The summed E-state index contributed by atoms with van der Waals surface area (Å²) in [5.74, 6) is 2.84. The van der Waals surface area contributed by atoms with Gasteiger partial charge in [0.1, 0.15) is 21.9 Å². The van der Waals surface area contributed by atoms with E-state index in [-0.39, 0.29) is 0 Å². The van der Waals surface area contributed by atoms with Crippen LogP contribution >= 0.6 is 15.9 Å². The van der Waals surface area contributed by atoms with E-state index < -0.39 is 0 Å². The number of anilines is 1. The SMILES string of the molecule is COc1ccc(CNc2nc(Br)cn3nc(C)nc23)c(OC)c1. The zero-order chi connectivity index (χ0) is 16.4. The molecule has 8 heteroatoms. The number of methoxy groups -OCH3 is 2. The molecule has 0 saturated carbocycles. The number of halogens is 1. The third-order valence-corrected chi connectivity index (χ3v) is 3.72. The van der Waals surface area contributed by atoms with Gasteiger partial charge in [-0.2, -0.15) is 5.10 Å². The highest BCUT2D eigenvalue weighted by Crippen LogP contribution is 2.26. The van der Waals surface area contributed by atoms with Crippen LogP contribution in [0.2, 0.25) is 0 Å². The molecule has 23 heavy (non-hydrogen) atoms. The van der Waals surface area contributed by atoms with Crippen LogP contribution < -0.4 is 14.8 Å². The van der Waals surface area contributed by atoms with Crippen molar-refractivity contribution in [1.29, 1.82) is 0 Å². The fourth-order valence-electron chi connectivity index (χ4n) is 2.26. The van der Waals surface area contributed by atoms with Crippen molar-refractivity contribution in [3.63, 3.8) is 0 Å². The van der Waals surface area contributed by atoms with Crippen molar-refractivity contribution >= 4 is 27.4 Å². The van der Waals surface area contributed by atoms with E-state index in [0.717, 1.165) is 17.1 Å². The molecule has 0 atom stereocenters. The first-order chi connectivity index (χ1) is 11.1. The number of nitrogens with zero attached hydrogens (tertiary/aromatic N) is 4. The highest BCUT2D eigenvalue weighted by molar-refractivity contribution is 9.10. The van der Waals surface area contributed by atoms with Gasteiger partial charge in [-0.1, -0.05) is 0 Å². The second-order valence-corrected chi connectivity index (χ2v) is 5.68. The topological polar surface area (TPSA) is 73.6 Å². The zero-order valence-corrected chi connectivity index (χ0v) is 14.6. The maximum absolute atomic E-state index is 5.41. The smallest absolute Gasteiger partial charge is 0.198 e. The maximum Gasteiger partial charge on any atom is 0.198 e. The fraction of sp³-hybridized carbons (Fsp3) is 0.267. The molecular weight excluding hydrogens is 362 g/mol. The number of fused-ring (bicyclic) bond motifs is 1. The molecule has 2 aromatic heterocycles. The lowest BCUT2D eigenvalue weighted by Gasteiger charge is -2.12. The minimum Gasteiger partial charge on any atom is -0.497 e. The molecule has 0 spiro atoms. The third-order valence-electron chi connectivity index (χ3n) is 3.34. The van der Waals surface area contributed by atoms with Crippen LogP contribution in [0.1, 0.15) is 11.4 Å². The molecular formula is C15H16BrN5O2. The Kier molecular flexibility index (Phi) is 4.33. The Morgan fingerprint density at radius 3 is 2.78 bits per heavy atom. The Labute approximate surface area is 141 Å². The minimum absolute atomic E-state index is 0.540. The van der Waals surface area contributed by atoms with Crippen molar-refractivity contribution in [2.24, 2.45) is 0 Å². The van der Waals surface area contributed by atoms with Crippen LogP contribution in [0.3, 0.4) is 0 Å². The Bertz CT molecular complexity index is 849. The highest BCUT2D eigenvalue weighted by atomic mass is 79.9. The Morgan fingerprint density at radius 2 is 2.04 bits per heavy atom. The summed E-state index contributed by atoms with van der Waals surface area (Å²) in [5, 5.41) is 7.59.